The molecule has 0 radical (unpaired) electrons. The monoisotopic (exact) mass is 378 g/mol. The van der Waals surface area contributed by atoms with Crippen molar-refractivity contribution in [2.45, 2.75) is 26.7 Å². The molecule has 0 unspecified atom stereocenters. The van der Waals surface area contributed by atoms with Gasteiger partial charge in [0.15, 0.2) is 0 Å². The summed E-state index contributed by atoms with van der Waals surface area (Å²) in [7, 11) is 0. The second kappa shape index (κ2) is 11.0. The average Bonchev–Trinajstić information content (AvgIpc) is 2.63. The van der Waals surface area contributed by atoms with Crippen LogP contribution < -0.4 is 5.32 Å². The number of carbonyl (C=O) groups is 2. The van der Waals surface area contributed by atoms with Gasteiger partial charge in [0, 0.05) is 45.0 Å². The van der Waals surface area contributed by atoms with E-state index >= 15 is 0 Å². The molecule has 1 heterocycles. The number of rotatable bonds is 9. The maximum absolute atomic E-state index is 13.2. The molecule has 2 amide bonds. The lowest BCUT2D eigenvalue weighted by atomic mass is 10.2. The third-order valence-corrected chi connectivity index (χ3v) is 4.64. The highest BCUT2D eigenvalue weighted by molar-refractivity contribution is 5.92. The number of hydrogen-bond acceptors (Lipinski definition) is 4. The molecule has 1 aromatic rings. The number of nitrogens with zero attached hydrogens (tertiary/aromatic N) is 3. The standard InChI is InChI=1S/C20H31FN4O2/c1-3-8-25(9-4-2)20(27)16-24-12-10-23(11-13-24)15-19(26)22-18-7-5-6-17(21)14-18/h5-7,14H,3-4,8-13,15-16H2,1-2H3,(H,22,26). The van der Waals surface area contributed by atoms with Crippen molar-refractivity contribution in [3.05, 3.63) is 30.1 Å². The van der Waals surface area contributed by atoms with Crippen LogP contribution in [0.15, 0.2) is 24.3 Å². The summed E-state index contributed by atoms with van der Waals surface area (Å²) in [5.74, 6) is -0.329. The van der Waals surface area contributed by atoms with E-state index in [0.717, 1.165) is 52.1 Å². The van der Waals surface area contributed by atoms with E-state index in [-0.39, 0.29) is 24.2 Å². The molecular formula is C20H31FN4O2. The molecule has 1 saturated heterocycles. The van der Waals surface area contributed by atoms with Crippen LogP contribution in [-0.4, -0.2) is 78.9 Å². The highest BCUT2D eigenvalue weighted by atomic mass is 19.1. The van der Waals surface area contributed by atoms with Crippen LogP contribution in [0.4, 0.5) is 10.1 Å². The maximum Gasteiger partial charge on any atom is 0.238 e. The Morgan fingerprint density at radius 1 is 1.04 bits per heavy atom. The minimum absolute atomic E-state index is 0.151. The summed E-state index contributed by atoms with van der Waals surface area (Å²) >= 11 is 0. The summed E-state index contributed by atoms with van der Waals surface area (Å²) in [6, 6.07) is 5.89. The normalized spacial score (nSPS) is 15.5. The van der Waals surface area contributed by atoms with Crippen LogP contribution in [0.2, 0.25) is 0 Å². The molecule has 27 heavy (non-hydrogen) atoms. The molecule has 0 bridgehead atoms. The summed E-state index contributed by atoms with van der Waals surface area (Å²) < 4.78 is 13.2. The van der Waals surface area contributed by atoms with E-state index in [1.807, 2.05) is 4.90 Å². The van der Waals surface area contributed by atoms with E-state index < -0.39 is 0 Å². The lowest BCUT2D eigenvalue weighted by Crippen LogP contribution is -2.51. The van der Waals surface area contributed by atoms with E-state index in [4.69, 9.17) is 0 Å². The van der Waals surface area contributed by atoms with Crippen LogP contribution in [0.3, 0.4) is 0 Å². The van der Waals surface area contributed by atoms with Gasteiger partial charge in [0.1, 0.15) is 5.82 Å². The third-order valence-electron chi connectivity index (χ3n) is 4.64. The van der Waals surface area contributed by atoms with Crippen molar-refractivity contribution in [2.24, 2.45) is 0 Å². The van der Waals surface area contributed by atoms with Crippen molar-refractivity contribution >= 4 is 17.5 Å². The first kappa shape index (κ1) is 21.3. The van der Waals surface area contributed by atoms with E-state index in [9.17, 15) is 14.0 Å². The molecule has 150 valence electrons. The zero-order valence-corrected chi connectivity index (χ0v) is 16.4. The number of anilines is 1. The van der Waals surface area contributed by atoms with Gasteiger partial charge in [-0.1, -0.05) is 19.9 Å². The van der Waals surface area contributed by atoms with Gasteiger partial charge in [-0.05, 0) is 31.0 Å². The van der Waals surface area contributed by atoms with E-state index in [0.29, 0.717) is 12.2 Å². The van der Waals surface area contributed by atoms with Gasteiger partial charge in [-0.2, -0.15) is 0 Å². The number of hydrogen-bond donors (Lipinski definition) is 1. The molecule has 0 saturated carbocycles. The minimum atomic E-state index is -0.369. The Morgan fingerprint density at radius 2 is 1.63 bits per heavy atom. The quantitative estimate of drug-likeness (QED) is 0.714. The van der Waals surface area contributed by atoms with E-state index in [1.54, 1.807) is 12.1 Å². The van der Waals surface area contributed by atoms with Gasteiger partial charge in [0.2, 0.25) is 11.8 Å². The molecule has 7 heteroatoms. The van der Waals surface area contributed by atoms with Gasteiger partial charge in [-0.15, -0.1) is 0 Å². The lowest BCUT2D eigenvalue weighted by molar-refractivity contribution is -0.133. The second-order valence-corrected chi connectivity index (χ2v) is 6.99. The summed E-state index contributed by atoms with van der Waals surface area (Å²) in [6.07, 6.45) is 1.94. The van der Waals surface area contributed by atoms with Gasteiger partial charge < -0.3 is 10.2 Å². The fraction of sp³-hybridized carbons (Fsp3) is 0.600. The maximum atomic E-state index is 13.2. The number of halogens is 1. The van der Waals surface area contributed by atoms with Crippen molar-refractivity contribution < 1.29 is 14.0 Å². The molecular weight excluding hydrogens is 347 g/mol. The average molecular weight is 378 g/mol. The fourth-order valence-corrected chi connectivity index (χ4v) is 3.27. The Balaban J connectivity index is 1.73. The Morgan fingerprint density at radius 3 is 2.19 bits per heavy atom. The molecule has 1 aliphatic rings. The molecule has 6 nitrogen and oxygen atoms in total. The summed E-state index contributed by atoms with van der Waals surface area (Å²) in [5, 5.41) is 2.72. The van der Waals surface area contributed by atoms with Crippen molar-refractivity contribution in [1.29, 1.82) is 0 Å². The third kappa shape index (κ3) is 7.27. The van der Waals surface area contributed by atoms with Gasteiger partial charge in [0.05, 0.1) is 13.1 Å². The fourth-order valence-electron chi connectivity index (χ4n) is 3.27. The number of benzene rings is 1. The molecule has 0 aliphatic carbocycles. The van der Waals surface area contributed by atoms with Gasteiger partial charge >= 0.3 is 0 Å². The molecule has 1 aromatic carbocycles. The predicted molar refractivity (Wildman–Crippen MR) is 105 cm³/mol. The summed E-state index contributed by atoms with van der Waals surface area (Å²) in [5.41, 5.74) is 0.469. The van der Waals surface area contributed by atoms with E-state index in [1.165, 1.54) is 12.1 Å². The molecule has 0 spiro atoms. The van der Waals surface area contributed by atoms with Crippen molar-refractivity contribution in [2.75, 3.05) is 57.7 Å². The summed E-state index contributed by atoms with van der Waals surface area (Å²) in [4.78, 5) is 30.8. The SMILES string of the molecule is CCCN(CCC)C(=O)CN1CCN(CC(=O)Nc2cccc(F)c2)CC1. The van der Waals surface area contributed by atoms with Crippen molar-refractivity contribution in [3.8, 4) is 0 Å². The largest absolute Gasteiger partial charge is 0.342 e. The Bertz CT molecular complexity index is 612. The highest BCUT2D eigenvalue weighted by Gasteiger charge is 2.22. The molecule has 1 fully saturated rings. The van der Waals surface area contributed by atoms with Crippen LogP contribution in [0.25, 0.3) is 0 Å². The topological polar surface area (TPSA) is 55.9 Å². The number of piperazine rings is 1. The Labute approximate surface area is 161 Å². The predicted octanol–water partition coefficient (Wildman–Crippen LogP) is 2.03. The molecule has 0 atom stereocenters. The molecule has 0 aromatic heterocycles. The van der Waals surface area contributed by atoms with Gasteiger partial charge in [-0.25, -0.2) is 4.39 Å². The first-order valence-corrected chi connectivity index (χ1v) is 9.79. The van der Waals surface area contributed by atoms with Gasteiger partial charge in [0.25, 0.3) is 0 Å². The Hall–Kier alpha value is -1.99. The first-order valence-electron chi connectivity index (χ1n) is 9.79. The van der Waals surface area contributed by atoms with Crippen LogP contribution in [0.5, 0.6) is 0 Å². The van der Waals surface area contributed by atoms with Crippen LogP contribution in [0.1, 0.15) is 26.7 Å². The molecule has 2 rings (SSSR count). The lowest BCUT2D eigenvalue weighted by Gasteiger charge is -2.35. The minimum Gasteiger partial charge on any atom is -0.342 e. The molecule has 1 N–H and O–H groups in total. The van der Waals surface area contributed by atoms with Crippen molar-refractivity contribution in [1.82, 2.24) is 14.7 Å². The number of nitrogens with one attached hydrogen (secondary N) is 1. The zero-order valence-electron chi connectivity index (χ0n) is 16.4. The Kier molecular flexibility index (Phi) is 8.67. The second-order valence-electron chi connectivity index (χ2n) is 6.99. The smallest absolute Gasteiger partial charge is 0.238 e. The van der Waals surface area contributed by atoms with Crippen molar-refractivity contribution in [3.63, 3.8) is 0 Å². The first-order chi connectivity index (χ1) is 13.0. The summed E-state index contributed by atoms with van der Waals surface area (Å²) in [6.45, 7) is 9.54. The highest BCUT2D eigenvalue weighted by Crippen LogP contribution is 2.10. The number of amides is 2. The number of carbonyl (C=O) groups excluding carboxylic acids is 2. The molecule has 1 aliphatic heterocycles. The van der Waals surface area contributed by atoms with Crippen LogP contribution >= 0.6 is 0 Å². The van der Waals surface area contributed by atoms with Crippen LogP contribution in [0, 0.1) is 5.82 Å². The van der Waals surface area contributed by atoms with Crippen LogP contribution in [-0.2, 0) is 9.59 Å². The van der Waals surface area contributed by atoms with Gasteiger partial charge in [-0.3, -0.25) is 19.4 Å². The zero-order chi connectivity index (χ0) is 19.6. The van der Waals surface area contributed by atoms with E-state index in [2.05, 4.69) is 29.0 Å².